The Morgan fingerprint density at radius 3 is 2.53 bits per heavy atom. The minimum absolute atomic E-state index is 0.0812. The molecule has 0 saturated carbocycles. The molecule has 30 heavy (non-hydrogen) atoms. The van der Waals surface area contributed by atoms with Crippen LogP contribution < -0.4 is 5.32 Å². The largest absolute Gasteiger partial charge is 0.391 e. The number of aliphatic hydroxyl groups excluding tert-OH is 1. The van der Waals surface area contributed by atoms with Gasteiger partial charge >= 0.3 is 0 Å². The number of hydrogen-bond acceptors (Lipinski definition) is 3. The van der Waals surface area contributed by atoms with E-state index in [2.05, 4.69) is 25.2 Å². The first-order chi connectivity index (χ1) is 14.2. The van der Waals surface area contributed by atoms with Gasteiger partial charge in [0.1, 0.15) is 5.83 Å². The maximum atomic E-state index is 12.6. The van der Waals surface area contributed by atoms with Crippen LogP contribution in [0.1, 0.15) is 47.0 Å². The zero-order chi connectivity index (χ0) is 22.5. The van der Waals surface area contributed by atoms with Crippen molar-refractivity contribution in [2.24, 2.45) is 17.8 Å². The van der Waals surface area contributed by atoms with Gasteiger partial charge < -0.3 is 15.3 Å². The molecule has 1 aliphatic carbocycles. The molecule has 2 aliphatic rings. The number of halogens is 2. The van der Waals surface area contributed by atoms with E-state index in [1.807, 2.05) is 23.1 Å². The summed E-state index contributed by atoms with van der Waals surface area (Å²) in [5.74, 6) is -0.188. The average Bonchev–Trinajstić information content (AvgIpc) is 3.22. The molecule has 4 nitrogen and oxygen atoms in total. The molecular weight excluding hydrogens is 386 g/mol. The van der Waals surface area contributed by atoms with Crippen LogP contribution in [-0.2, 0) is 4.79 Å². The first-order valence-electron chi connectivity index (χ1n) is 10.9. The summed E-state index contributed by atoms with van der Waals surface area (Å²) in [6, 6.07) is 0. The third kappa shape index (κ3) is 10.3. The molecule has 2 rings (SSSR count). The molecule has 1 amide bonds. The number of carbonyl (C=O) groups is 1. The van der Waals surface area contributed by atoms with Gasteiger partial charge in [-0.1, -0.05) is 45.1 Å². The first-order valence-corrected chi connectivity index (χ1v) is 10.9. The minimum Gasteiger partial charge on any atom is -0.391 e. The maximum Gasteiger partial charge on any atom is 0.227 e. The van der Waals surface area contributed by atoms with Crippen molar-refractivity contribution in [2.45, 2.75) is 53.1 Å². The SMILES string of the molecule is CC(C)CN(CC(O)C1C=CC=CC1)C(=O)C1CCNC1.CC/C=C(F)\C=C(/C)F. The van der Waals surface area contributed by atoms with Gasteiger partial charge in [0, 0.05) is 31.6 Å². The van der Waals surface area contributed by atoms with Crippen LogP contribution in [0.4, 0.5) is 8.78 Å². The summed E-state index contributed by atoms with van der Waals surface area (Å²) in [7, 11) is 0. The molecule has 1 aliphatic heterocycles. The van der Waals surface area contributed by atoms with Crippen LogP contribution in [0.25, 0.3) is 0 Å². The van der Waals surface area contributed by atoms with Crippen molar-refractivity contribution in [3.8, 4) is 0 Å². The van der Waals surface area contributed by atoms with Crippen LogP contribution in [0.2, 0.25) is 0 Å². The van der Waals surface area contributed by atoms with E-state index in [-0.39, 0.29) is 17.7 Å². The molecule has 6 heteroatoms. The molecule has 1 fully saturated rings. The van der Waals surface area contributed by atoms with Gasteiger partial charge in [-0.15, -0.1) is 0 Å². The number of aliphatic hydroxyl groups is 1. The molecule has 2 N–H and O–H groups in total. The third-order valence-corrected chi connectivity index (χ3v) is 4.96. The number of allylic oxidation sites excluding steroid dienone is 7. The van der Waals surface area contributed by atoms with Gasteiger partial charge in [0.25, 0.3) is 0 Å². The number of hydrogen-bond donors (Lipinski definition) is 2. The van der Waals surface area contributed by atoms with Crippen molar-refractivity contribution in [3.63, 3.8) is 0 Å². The fourth-order valence-corrected chi connectivity index (χ4v) is 3.51. The van der Waals surface area contributed by atoms with Crippen LogP contribution in [0.3, 0.4) is 0 Å². The highest BCUT2D eigenvalue weighted by Crippen LogP contribution is 2.19. The van der Waals surface area contributed by atoms with Gasteiger partial charge in [-0.2, -0.15) is 0 Å². The summed E-state index contributed by atoms with van der Waals surface area (Å²) < 4.78 is 24.1. The lowest BCUT2D eigenvalue weighted by atomic mass is 9.94. The van der Waals surface area contributed by atoms with Crippen LogP contribution >= 0.6 is 0 Å². The Morgan fingerprint density at radius 2 is 2.03 bits per heavy atom. The summed E-state index contributed by atoms with van der Waals surface area (Å²) in [5, 5.41) is 13.7. The Bertz CT molecular complexity index is 631. The van der Waals surface area contributed by atoms with Gasteiger partial charge in [-0.25, -0.2) is 8.78 Å². The summed E-state index contributed by atoms with van der Waals surface area (Å²) in [6.45, 7) is 10.1. The fourth-order valence-electron chi connectivity index (χ4n) is 3.51. The van der Waals surface area contributed by atoms with Gasteiger partial charge in [-0.05, 0) is 44.7 Å². The van der Waals surface area contributed by atoms with Crippen molar-refractivity contribution < 1.29 is 18.7 Å². The molecule has 170 valence electrons. The van der Waals surface area contributed by atoms with E-state index >= 15 is 0 Å². The molecule has 1 saturated heterocycles. The lowest BCUT2D eigenvalue weighted by Crippen LogP contribution is -2.45. The Labute approximate surface area is 180 Å². The topological polar surface area (TPSA) is 52.6 Å². The van der Waals surface area contributed by atoms with E-state index in [0.29, 0.717) is 18.9 Å². The quantitative estimate of drug-likeness (QED) is 0.556. The molecule has 3 atom stereocenters. The highest BCUT2D eigenvalue weighted by molar-refractivity contribution is 5.79. The lowest BCUT2D eigenvalue weighted by Gasteiger charge is -2.31. The minimum atomic E-state index is -0.503. The molecule has 0 bridgehead atoms. The Hall–Kier alpha value is -1.79. The number of nitrogens with one attached hydrogen (secondary N) is 1. The zero-order valence-corrected chi connectivity index (χ0v) is 18.8. The van der Waals surface area contributed by atoms with Crippen molar-refractivity contribution in [1.82, 2.24) is 10.2 Å². The standard InChI is InChI=1S/C17H28N2O2.C7H10F2/c1-13(2)11-19(17(21)15-8-9-18-10-15)12-16(20)14-6-4-3-5-7-14;1-3-4-7(9)5-6(2)8/h3-6,13-16,18,20H,7-12H2,1-2H3;4-5H,3H2,1-2H3/b;6-5+,7-4+. The second kappa shape index (κ2) is 14.3. The molecule has 3 unspecified atom stereocenters. The lowest BCUT2D eigenvalue weighted by molar-refractivity contribution is -0.137. The number of rotatable bonds is 8. The van der Waals surface area contributed by atoms with E-state index in [0.717, 1.165) is 38.6 Å². The summed E-state index contributed by atoms with van der Waals surface area (Å²) >= 11 is 0. The average molecular weight is 425 g/mol. The third-order valence-electron chi connectivity index (χ3n) is 4.96. The van der Waals surface area contributed by atoms with E-state index in [1.54, 1.807) is 6.92 Å². The number of nitrogens with zero attached hydrogens (tertiary/aromatic N) is 1. The molecule has 0 spiro atoms. The summed E-state index contributed by atoms with van der Waals surface area (Å²) in [6.07, 6.45) is 12.2. The molecule has 0 radical (unpaired) electrons. The first kappa shape index (κ1) is 26.2. The van der Waals surface area contributed by atoms with Crippen LogP contribution in [-0.4, -0.2) is 48.2 Å². The van der Waals surface area contributed by atoms with Crippen molar-refractivity contribution in [3.05, 3.63) is 48.1 Å². The summed E-state index contributed by atoms with van der Waals surface area (Å²) in [4.78, 5) is 14.5. The normalized spacial score (nSPS) is 22.7. The van der Waals surface area contributed by atoms with Gasteiger partial charge in [-0.3, -0.25) is 4.79 Å². The van der Waals surface area contributed by atoms with E-state index in [4.69, 9.17) is 0 Å². The second-order valence-electron chi connectivity index (χ2n) is 8.34. The number of carbonyl (C=O) groups excluding carboxylic acids is 1. The molecule has 0 aromatic heterocycles. The molecule has 0 aromatic rings. The fraction of sp³-hybridized carbons (Fsp3) is 0.625. The van der Waals surface area contributed by atoms with Crippen LogP contribution in [0.15, 0.2) is 48.1 Å². The van der Waals surface area contributed by atoms with Gasteiger partial charge in [0.05, 0.1) is 17.8 Å². The highest BCUT2D eigenvalue weighted by atomic mass is 19.1. The second-order valence-corrected chi connectivity index (χ2v) is 8.34. The maximum absolute atomic E-state index is 12.6. The van der Waals surface area contributed by atoms with Crippen molar-refractivity contribution in [1.29, 1.82) is 0 Å². The summed E-state index contributed by atoms with van der Waals surface area (Å²) in [5.41, 5.74) is 0. The van der Waals surface area contributed by atoms with E-state index in [9.17, 15) is 18.7 Å². The van der Waals surface area contributed by atoms with E-state index < -0.39 is 17.8 Å². The Balaban J connectivity index is 0.000000424. The molecule has 1 heterocycles. The Kier molecular flexibility index (Phi) is 12.5. The monoisotopic (exact) mass is 424 g/mol. The van der Waals surface area contributed by atoms with Gasteiger partial charge in [0.15, 0.2) is 0 Å². The van der Waals surface area contributed by atoms with E-state index in [1.165, 1.54) is 13.0 Å². The number of amides is 1. The zero-order valence-electron chi connectivity index (χ0n) is 18.8. The van der Waals surface area contributed by atoms with Crippen LogP contribution in [0.5, 0.6) is 0 Å². The Morgan fingerprint density at radius 1 is 1.30 bits per heavy atom. The van der Waals surface area contributed by atoms with Gasteiger partial charge in [0.2, 0.25) is 5.91 Å². The van der Waals surface area contributed by atoms with Crippen molar-refractivity contribution >= 4 is 5.91 Å². The smallest absolute Gasteiger partial charge is 0.227 e. The molecular formula is C24H38F2N2O2. The molecule has 0 aromatic carbocycles. The van der Waals surface area contributed by atoms with Crippen LogP contribution in [0, 0.1) is 17.8 Å². The highest BCUT2D eigenvalue weighted by Gasteiger charge is 2.30. The predicted octanol–water partition coefficient (Wildman–Crippen LogP) is 4.70. The predicted molar refractivity (Wildman–Crippen MR) is 119 cm³/mol. The van der Waals surface area contributed by atoms with Crippen molar-refractivity contribution in [2.75, 3.05) is 26.2 Å².